The predicted octanol–water partition coefficient (Wildman–Crippen LogP) is 2.44. The van der Waals surface area contributed by atoms with Crippen LogP contribution in [0.2, 0.25) is 0 Å². The third-order valence-electron chi connectivity index (χ3n) is 4.81. The number of rotatable bonds is 4. The highest BCUT2D eigenvalue weighted by Crippen LogP contribution is 2.39. The first-order valence-corrected chi connectivity index (χ1v) is 9.03. The second-order valence-electron chi connectivity index (χ2n) is 6.46. The zero-order valence-corrected chi connectivity index (χ0v) is 14.5. The Morgan fingerprint density at radius 3 is 2.88 bits per heavy atom. The van der Waals surface area contributed by atoms with Gasteiger partial charge >= 0.3 is 5.76 Å². The first kappa shape index (κ1) is 16.1. The number of aliphatic hydroxyl groups excluding tert-OH is 1. The smallest absolute Gasteiger partial charge is 0.408 e. The van der Waals surface area contributed by atoms with Crippen LogP contribution in [0, 0.1) is 5.92 Å². The Balaban J connectivity index is 1.61. The van der Waals surface area contributed by atoms with Gasteiger partial charge in [0.25, 0.3) is 5.91 Å². The van der Waals surface area contributed by atoms with Crippen LogP contribution in [0.3, 0.4) is 0 Å². The van der Waals surface area contributed by atoms with Crippen molar-refractivity contribution in [1.82, 2.24) is 9.88 Å². The van der Waals surface area contributed by atoms with Crippen LogP contribution in [0.25, 0.3) is 11.1 Å². The predicted molar refractivity (Wildman–Crippen MR) is 94.7 cm³/mol. The Kier molecular flexibility index (Phi) is 3.97. The minimum Gasteiger partial charge on any atom is -0.408 e. The summed E-state index contributed by atoms with van der Waals surface area (Å²) in [5.41, 5.74) is 1.52. The molecule has 2 heterocycles. The van der Waals surface area contributed by atoms with E-state index in [0.717, 1.165) is 4.88 Å². The fraction of sp³-hybridized carbons (Fsp3) is 0.333. The van der Waals surface area contributed by atoms with Crippen LogP contribution in [-0.2, 0) is 7.05 Å². The Bertz CT molecular complexity index is 967. The largest absolute Gasteiger partial charge is 0.419 e. The Morgan fingerprint density at radius 2 is 2.20 bits per heavy atom. The molecule has 1 atom stereocenters. The number of nitrogens with one attached hydrogen (secondary N) is 1. The molecule has 2 N–H and O–H groups in total. The summed E-state index contributed by atoms with van der Waals surface area (Å²) in [4.78, 5) is 25.4. The van der Waals surface area contributed by atoms with E-state index in [9.17, 15) is 14.7 Å². The molecule has 25 heavy (non-hydrogen) atoms. The van der Waals surface area contributed by atoms with Gasteiger partial charge in [-0.1, -0.05) is 6.07 Å². The Morgan fingerprint density at radius 1 is 1.40 bits per heavy atom. The van der Waals surface area contributed by atoms with E-state index in [1.807, 2.05) is 17.5 Å². The molecular formula is C18H18N2O4S. The van der Waals surface area contributed by atoms with E-state index in [1.54, 1.807) is 36.6 Å². The average molecular weight is 358 g/mol. The fourth-order valence-corrected chi connectivity index (χ4v) is 4.15. The van der Waals surface area contributed by atoms with Gasteiger partial charge in [-0.2, -0.15) is 0 Å². The molecule has 1 saturated carbocycles. The summed E-state index contributed by atoms with van der Waals surface area (Å²) >= 11 is 1.60. The normalized spacial score (nSPS) is 21.0. The SMILES string of the molecule is Cn1c(=O)oc2ccc(C(=O)N[C@@H](c3cccs3)C3CC(O)C3)cc21. The quantitative estimate of drug-likeness (QED) is 0.750. The van der Waals surface area contributed by atoms with Crippen molar-refractivity contribution in [2.24, 2.45) is 13.0 Å². The number of amides is 1. The molecule has 0 unspecified atom stereocenters. The van der Waals surface area contributed by atoms with Gasteiger partial charge in [0, 0.05) is 17.5 Å². The van der Waals surface area contributed by atoms with Gasteiger partial charge in [-0.3, -0.25) is 9.36 Å². The highest BCUT2D eigenvalue weighted by molar-refractivity contribution is 7.10. The summed E-state index contributed by atoms with van der Waals surface area (Å²) in [5, 5.41) is 14.7. The zero-order chi connectivity index (χ0) is 17.6. The molecule has 1 fully saturated rings. The summed E-state index contributed by atoms with van der Waals surface area (Å²) in [6.07, 6.45) is 1.11. The Hall–Kier alpha value is -2.38. The van der Waals surface area contributed by atoms with Gasteiger partial charge < -0.3 is 14.8 Å². The van der Waals surface area contributed by atoms with Crippen LogP contribution in [0.1, 0.15) is 34.1 Å². The topological polar surface area (TPSA) is 84.5 Å². The van der Waals surface area contributed by atoms with Gasteiger partial charge in [-0.15, -0.1) is 11.3 Å². The van der Waals surface area contributed by atoms with Crippen molar-refractivity contribution in [2.45, 2.75) is 25.0 Å². The van der Waals surface area contributed by atoms with E-state index in [4.69, 9.17) is 4.42 Å². The van der Waals surface area contributed by atoms with Crippen LogP contribution >= 0.6 is 11.3 Å². The maximum atomic E-state index is 12.8. The van der Waals surface area contributed by atoms with Crippen LogP contribution in [0.5, 0.6) is 0 Å². The lowest BCUT2D eigenvalue weighted by molar-refractivity contribution is 0.0241. The second kappa shape index (κ2) is 6.16. The molecule has 7 heteroatoms. The standard InChI is InChI=1S/C18H18N2O4S/c1-20-13-9-10(4-5-14(13)24-18(20)23)17(22)19-16(11-7-12(21)8-11)15-3-2-6-25-15/h2-6,9,11-12,16,21H,7-8H2,1H3,(H,19,22)/t11?,12?,16-/m1/s1. The molecule has 2 aromatic heterocycles. The third kappa shape index (κ3) is 2.89. The molecular weight excluding hydrogens is 340 g/mol. The highest BCUT2D eigenvalue weighted by atomic mass is 32.1. The molecule has 6 nitrogen and oxygen atoms in total. The van der Waals surface area contributed by atoms with Crippen LogP contribution in [-0.4, -0.2) is 21.7 Å². The van der Waals surface area contributed by atoms with Crippen molar-refractivity contribution in [3.8, 4) is 0 Å². The lowest BCUT2D eigenvalue weighted by atomic mass is 9.76. The number of fused-ring (bicyclic) bond motifs is 1. The maximum Gasteiger partial charge on any atom is 0.419 e. The monoisotopic (exact) mass is 358 g/mol. The van der Waals surface area contributed by atoms with Crippen molar-refractivity contribution < 1.29 is 14.3 Å². The van der Waals surface area contributed by atoms with Crippen molar-refractivity contribution in [1.29, 1.82) is 0 Å². The summed E-state index contributed by atoms with van der Waals surface area (Å²) in [6.45, 7) is 0. The number of thiophene rings is 1. The summed E-state index contributed by atoms with van der Waals surface area (Å²) < 4.78 is 6.48. The highest BCUT2D eigenvalue weighted by Gasteiger charge is 2.36. The van der Waals surface area contributed by atoms with Crippen LogP contribution in [0.15, 0.2) is 44.9 Å². The summed E-state index contributed by atoms with van der Waals surface area (Å²) in [7, 11) is 1.61. The van der Waals surface area contributed by atoms with Crippen molar-refractivity contribution in [2.75, 3.05) is 0 Å². The lowest BCUT2D eigenvalue weighted by Crippen LogP contribution is -2.41. The number of hydrogen-bond donors (Lipinski definition) is 2. The molecule has 1 aliphatic rings. The summed E-state index contributed by atoms with van der Waals surface area (Å²) in [6, 6.07) is 8.81. The number of hydrogen-bond acceptors (Lipinski definition) is 5. The molecule has 1 amide bonds. The minimum atomic E-state index is -0.451. The second-order valence-corrected chi connectivity index (χ2v) is 7.44. The first-order chi connectivity index (χ1) is 12.0. The van der Waals surface area contributed by atoms with Gasteiger partial charge in [0.05, 0.1) is 17.7 Å². The molecule has 0 saturated heterocycles. The van der Waals surface area contributed by atoms with E-state index in [-0.39, 0.29) is 24.0 Å². The number of nitrogens with zero attached hydrogens (tertiary/aromatic N) is 1. The molecule has 130 valence electrons. The number of benzene rings is 1. The number of carbonyl (C=O) groups is 1. The van der Waals surface area contributed by atoms with Crippen LogP contribution < -0.4 is 11.1 Å². The molecule has 0 aliphatic heterocycles. The number of aromatic nitrogens is 1. The zero-order valence-electron chi connectivity index (χ0n) is 13.6. The van der Waals surface area contributed by atoms with Crippen molar-refractivity contribution >= 4 is 28.3 Å². The Labute approximate surface area is 147 Å². The number of aliphatic hydroxyl groups is 1. The number of carbonyl (C=O) groups excluding carboxylic acids is 1. The molecule has 4 rings (SSSR count). The summed E-state index contributed by atoms with van der Waals surface area (Å²) in [5.74, 6) is -0.414. The third-order valence-corrected chi connectivity index (χ3v) is 5.77. The van der Waals surface area contributed by atoms with Gasteiger partial charge in [0.2, 0.25) is 0 Å². The van der Waals surface area contributed by atoms with Gasteiger partial charge in [0.1, 0.15) is 0 Å². The average Bonchev–Trinajstić information content (AvgIpc) is 3.19. The van der Waals surface area contributed by atoms with Crippen molar-refractivity contribution in [3.63, 3.8) is 0 Å². The van der Waals surface area contributed by atoms with Crippen molar-refractivity contribution in [3.05, 3.63) is 56.7 Å². The first-order valence-electron chi connectivity index (χ1n) is 8.15. The molecule has 3 aromatic rings. The fourth-order valence-electron chi connectivity index (χ4n) is 3.28. The van der Waals surface area contributed by atoms with Gasteiger partial charge in [-0.25, -0.2) is 4.79 Å². The van der Waals surface area contributed by atoms with E-state index < -0.39 is 5.76 Å². The van der Waals surface area contributed by atoms with E-state index in [0.29, 0.717) is 29.5 Å². The van der Waals surface area contributed by atoms with Gasteiger partial charge in [-0.05, 0) is 48.4 Å². The van der Waals surface area contributed by atoms with E-state index in [1.165, 1.54) is 4.57 Å². The van der Waals surface area contributed by atoms with Crippen LogP contribution in [0.4, 0.5) is 0 Å². The number of aryl methyl sites for hydroxylation is 1. The van der Waals surface area contributed by atoms with E-state index in [2.05, 4.69) is 5.32 Å². The molecule has 0 radical (unpaired) electrons. The molecule has 1 aliphatic carbocycles. The molecule has 0 spiro atoms. The molecule has 0 bridgehead atoms. The van der Waals surface area contributed by atoms with Gasteiger partial charge in [0.15, 0.2) is 5.58 Å². The molecule has 1 aromatic carbocycles. The van der Waals surface area contributed by atoms with E-state index >= 15 is 0 Å². The maximum absolute atomic E-state index is 12.8. The minimum absolute atomic E-state index is 0.111. The number of oxazole rings is 1. The lowest BCUT2D eigenvalue weighted by Gasteiger charge is -2.37.